The van der Waals surface area contributed by atoms with Crippen LogP contribution in [-0.4, -0.2) is 76.0 Å². The molecule has 3 amide bonds. The molecule has 1 aromatic heterocycles. The van der Waals surface area contributed by atoms with Gasteiger partial charge in [0.2, 0.25) is 27.7 Å². The lowest BCUT2D eigenvalue weighted by atomic mass is 10.1. The van der Waals surface area contributed by atoms with Crippen molar-refractivity contribution in [2.24, 2.45) is 11.7 Å². The molecule has 2 saturated carbocycles. The minimum absolute atomic E-state index is 0.0102. The molecule has 2 aliphatic carbocycles. The Balaban J connectivity index is 1.27. The number of para-hydroxylation sites is 1. The number of amides is 3. The predicted molar refractivity (Wildman–Crippen MR) is 163 cm³/mol. The van der Waals surface area contributed by atoms with Crippen molar-refractivity contribution in [3.05, 3.63) is 41.9 Å². The summed E-state index contributed by atoms with van der Waals surface area (Å²) in [7, 11) is -3.95. The third-order valence-corrected chi connectivity index (χ3v) is 11.7. The van der Waals surface area contributed by atoms with E-state index in [2.05, 4.69) is 20.0 Å². The smallest absolute Gasteiger partial charge is 0.259 e. The van der Waals surface area contributed by atoms with Crippen LogP contribution in [0.5, 0.6) is 5.88 Å². The van der Waals surface area contributed by atoms with Crippen molar-refractivity contribution in [3.8, 4) is 5.88 Å². The first-order valence-electron chi connectivity index (χ1n) is 15.5. The van der Waals surface area contributed by atoms with Gasteiger partial charge in [0.05, 0.1) is 22.9 Å². The second-order valence-electron chi connectivity index (χ2n) is 13.0. The number of nitrogens with two attached hydrogens (primary N) is 1. The average Bonchev–Trinajstić information content (AvgIpc) is 3.86. The normalized spacial score (nSPS) is 30.0. The van der Waals surface area contributed by atoms with E-state index in [1.807, 2.05) is 12.2 Å². The highest BCUT2D eigenvalue weighted by Gasteiger charge is 2.63. The Kier molecular flexibility index (Phi) is 8.09. The Morgan fingerprint density at radius 2 is 1.98 bits per heavy atom. The zero-order valence-corrected chi connectivity index (χ0v) is 26.2. The van der Waals surface area contributed by atoms with Gasteiger partial charge in [-0.3, -0.25) is 19.1 Å². The van der Waals surface area contributed by atoms with Crippen molar-refractivity contribution in [2.45, 2.75) is 100 Å². The molecule has 1 aromatic carbocycles. The van der Waals surface area contributed by atoms with Crippen LogP contribution in [-0.2, 0) is 24.4 Å². The summed E-state index contributed by atoms with van der Waals surface area (Å²) >= 11 is 0. The SMILES string of the molecule is Cc1nc2cccc(F)c2nc1O[C@@H]1C[C@H]2C(=O)N[C@]3(C(=O)NS(=O)(=O)C4(C)CC4)C[C@H]3C=CCCCCC[C@H](N)C(=O)N2C1. The third-order valence-electron chi connectivity index (χ3n) is 9.57. The Morgan fingerprint density at radius 1 is 1.20 bits per heavy atom. The van der Waals surface area contributed by atoms with Gasteiger partial charge >= 0.3 is 0 Å². The average molecular weight is 643 g/mol. The lowest BCUT2D eigenvalue weighted by Gasteiger charge is -2.28. The summed E-state index contributed by atoms with van der Waals surface area (Å²) in [5.41, 5.74) is 5.67. The molecule has 0 unspecified atom stereocenters. The largest absolute Gasteiger partial charge is 0.471 e. The Hall–Kier alpha value is -3.65. The van der Waals surface area contributed by atoms with E-state index in [-0.39, 0.29) is 30.8 Å². The highest BCUT2D eigenvalue weighted by Crippen LogP contribution is 2.47. The highest BCUT2D eigenvalue weighted by atomic mass is 32.2. The number of benzene rings is 1. The summed E-state index contributed by atoms with van der Waals surface area (Å²) in [4.78, 5) is 51.3. The van der Waals surface area contributed by atoms with E-state index in [0.717, 1.165) is 25.7 Å². The zero-order valence-electron chi connectivity index (χ0n) is 25.4. The molecule has 3 heterocycles. The monoisotopic (exact) mass is 642 g/mol. The molecule has 4 aliphatic rings. The van der Waals surface area contributed by atoms with E-state index in [1.54, 1.807) is 19.9 Å². The number of carbonyl (C=O) groups is 3. The molecule has 45 heavy (non-hydrogen) atoms. The number of allylic oxidation sites excluding steroid dienone is 1. The number of aromatic nitrogens is 2. The second kappa shape index (κ2) is 11.6. The number of nitrogens with one attached hydrogen (secondary N) is 2. The lowest BCUT2D eigenvalue weighted by molar-refractivity contribution is -0.140. The van der Waals surface area contributed by atoms with Crippen LogP contribution in [0.1, 0.15) is 70.4 Å². The fourth-order valence-electron chi connectivity index (χ4n) is 6.23. The Bertz CT molecular complexity index is 1680. The maximum Gasteiger partial charge on any atom is 0.259 e. The molecule has 242 valence electrons. The van der Waals surface area contributed by atoms with E-state index in [9.17, 15) is 27.2 Å². The van der Waals surface area contributed by atoms with Crippen LogP contribution in [0.15, 0.2) is 30.4 Å². The minimum atomic E-state index is -3.95. The number of carbonyl (C=O) groups excluding carboxylic acids is 3. The van der Waals surface area contributed by atoms with Gasteiger partial charge in [0, 0.05) is 12.3 Å². The standard InChI is InChI=1S/C31H39FN6O6S/c1-18-27(35-25-21(32)10-8-12-23(25)34-18)44-20-15-24-26(39)36-31(29(41)37-45(42,43)30(2)13-14-30)16-19(31)9-6-4-3-5-7-11-22(33)28(40)38(24)17-20/h6,8-10,12,19-20,22,24H,3-5,7,11,13-17,33H2,1-2H3,(H,36,39)(H,37,41)/t19-,20-,22+,24+,31-/m1/s1. The van der Waals surface area contributed by atoms with Crippen molar-refractivity contribution in [1.82, 2.24) is 24.9 Å². The summed E-state index contributed by atoms with van der Waals surface area (Å²) in [5, 5.41) is 2.83. The molecular weight excluding hydrogens is 603 g/mol. The molecule has 0 spiro atoms. The topological polar surface area (TPSA) is 174 Å². The van der Waals surface area contributed by atoms with Gasteiger partial charge in [0.1, 0.15) is 28.9 Å². The van der Waals surface area contributed by atoms with Crippen LogP contribution >= 0.6 is 0 Å². The zero-order chi connectivity index (χ0) is 32.1. The number of halogens is 1. The molecule has 3 fully saturated rings. The first-order valence-corrected chi connectivity index (χ1v) is 17.0. The number of nitrogens with zero attached hydrogens (tertiary/aromatic N) is 3. The molecule has 5 atom stereocenters. The van der Waals surface area contributed by atoms with Gasteiger partial charge in [-0.2, -0.15) is 0 Å². The van der Waals surface area contributed by atoms with Gasteiger partial charge in [-0.1, -0.05) is 31.1 Å². The van der Waals surface area contributed by atoms with Crippen LogP contribution in [0.4, 0.5) is 4.39 Å². The Morgan fingerprint density at radius 3 is 2.73 bits per heavy atom. The maximum atomic E-state index is 14.5. The quantitative estimate of drug-likeness (QED) is 0.413. The van der Waals surface area contributed by atoms with Crippen LogP contribution in [0.3, 0.4) is 0 Å². The van der Waals surface area contributed by atoms with Crippen molar-refractivity contribution in [2.75, 3.05) is 6.54 Å². The minimum Gasteiger partial charge on any atom is -0.471 e. The molecule has 0 bridgehead atoms. The number of rotatable bonds is 5. The van der Waals surface area contributed by atoms with Gasteiger partial charge in [0.15, 0.2) is 5.82 Å². The van der Waals surface area contributed by atoms with Gasteiger partial charge in [0.25, 0.3) is 5.91 Å². The lowest BCUT2D eigenvalue weighted by Crippen LogP contribution is -2.58. The van der Waals surface area contributed by atoms with Gasteiger partial charge in [-0.25, -0.2) is 22.8 Å². The van der Waals surface area contributed by atoms with Crippen molar-refractivity contribution >= 4 is 38.8 Å². The van der Waals surface area contributed by atoms with Crippen molar-refractivity contribution < 1.29 is 31.9 Å². The fraction of sp³-hybridized carbons (Fsp3) is 0.581. The van der Waals surface area contributed by atoms with Gasteiger partial charge in [-0.05, 0) is 64.5 Å². The molecule has 4 N–H and O–H groups in total. The van der Waals surface area contributed by atoms with Gasteiger partial charge in [-0.15, -0.1) is 0 Å². The van der Waals surface area contributed by atoms with E-state index in [1.165, 1.54) is 17.0 Å². The number of ether oxygens (including phenoxy) is 1. The third kappa shape index (κ3) is 6.01. The Labute approximate surface area is 261 Å². The van der Waals surface area contributed by atoms with E-state index >= 15 is 0 Å². The molecule has 1 saturated heterocycles. The van der Waals surface area contributed by atoms with Crippen LogP contribution in [0, 0.1) is 18.7 Å². The second-order valence-corrected chi connectivity index (χ2v) is 15.2. The predicted octanol–water partition coefficient (Wildman–Crippen LogP) is 2.15. The van der Waals surface area contributed by atoms with Crippen LogP contribution < -0.4 is 20.5 Å². The summed E-state index contributed by atoms with van der Waals surface area (Å²) in [6.07, 6.45) is 7.92. The number of hydrogen-bond donors (Lipinski definition) is 3. The van der Waals surface area contributed by atoms with Gasteiger partial charge < -0.3 is 20.7 Å². The number of fused-ring (bicyclic) bond motifs is 3. The first-order chi connectivity index (χ1) is 21.3. The van der Waals surface area contributed by atoms with Crippen LogP contribution in [0.2, 0.25) is 0 Å². The summed E-state index contributed by atoms with van der Waals surface area (Å²) in [5.74, 6) is -2.69. The number of hydrogen-bond acceptors (Lipinski definition) is 9. The molecule has 6 rings (SSSR count). The summed E-state index contributed by atoms with van der Waals surface area (Å²) in [6, 6.07) is 2.57. The van der Waals surface area contributed by atoms with Crippen molar-refractivity contribution in [1.29, 1.82) is 0 Å². The summed E-state index contributed by atoms with van der Waals surface area (Å²) in [6.45, 7) is 3.27. The molecular formula is C31H39FN6O6S. The molecule has 2 aromatic rings. The van der Waals surface area contributed by atoms with E-state index < -0.39 is 68.0 Å². The van der Waals surface area contributed by atoms with E-state index in [0.29, 0.717) is 30.5 Å². The maximum absolute atomic E-state index is 14.5. The van der Waals surface area contributed by atoms with E-state index in [4.69, 9.17) is 10.5 Å². The summed E-state index contributed by atoms with van der Waals surface area (Å²) < 4.78 is 47.7. The van der Waals surface area contributed by atoms with Crippen LogP contribution in [0.25, 0.3) is 11.0 Å². The molecule has 2 aliphatic heterocycles. The fourth-order valence-corrected chi connectivity index (χ4v) is 7.54. The highest BCUT2D eigenvalue weighted by molar-refractivity contribution is 7.91. The number of sulfonamides is 1. The molecule has 14 heteroatoms. The number of aryl methyl sites for hydroxylation is 1. The first kappa shape index (κ1) is 31.3. The molecule has 0 radical (unpaired) electrons. The van der Waals surface area contributed by atoms with Crippen molar-refractivity contribution in [3.63, 3.8) is 0 Å². The molecule has 12 nitrogen and oxygen atoms in total.